The average Bonchev–Trinajstić information content (AvgIpc) is 3.27. The highest BCUT2D eigenvalue weighted by molar-refractivity contribution is 6.12. The molecule has 6 aromatic rings. The lowest BCUT2D eigenvalue weighted by Crippen LogP contribution is -3.00. The minimum Gasteiger partial charge on any atom is -1.00 e. The normalized spacial score (nSPS) is 14.1. The molecular weight excluding hydrogens is 736 g/mol. The minimum absolute atomic E-state index is 0. The van der Waals surface area contributed by atoms with Gasteiger partial charge < -0.3 is 21.5 Å². The van der Waals surface area contributed by atoms with Gasteiger partial charge in [-0.3, -0.25) is 0 Å². The van der Waals surface area contributed by atoms with E-state index in [1.54, 1.807) is 12.1 Å². The zero-order chi connectivity index (χ0) is 36.0. The quantitative estimate of drug-likeness (QED) is 0.107. The second-order valence-electron chi connectivity index (χ2n) is 14.0. The van der Waals surface area contributed by atoms with Gasteiger partial charge in [-0.1, -0.05) is 99.5 Å². The third-order valence-corrected chi connectivity index (χ3v) is 10.5. The summed E-state index contributed by atoms with van der Waals surface area (Å²) in [5, 5.41) is 3.74. The maximum atomic E-state index is 14.1. The number of nitrogens with zero attached hydrogens (tertiary/aromatic N) is 1. The molecule has 0 fully saturated rings. The van der Waals surface area contributed by atoms with Crippen molar-refractivity contribution >= 4 is 21.5 Å². The van der Waals surface area contributed by atoms with Crippen LogP contribution >= 0.6 is 0 Å². The maximum Gasteiger partial charge on any atom is 0.416 e. The SMILES string of the molecule is CCCC[N+]1(CCCC)Cc2c(-c3cccc(C(F)(F)F)c3)cc3ccccc3c2-c2c(c(-c3cccc(C(F)(F)F)c3)cc3ccccc23)C1.[Br-]. The molecule has 0 aliphatic carbocycles. The number of alkyl halides is 6. The van der Waals surface area contributed by atoms with E-state index in [4.69, 9.17) is 0 Å². The lowest BCUT2D eigenvalue weighted by Gasteiger charge is -2.39. The average molecular weight is 777 g/mol. The highest BCUT2D eigenvalue weighted by atomic mass is 79.9. The predicted molar refractivity (Wildman–Crippen MR) is 195 cm³/mol. The molecule has 0 bridgehead atoms. The first-order valence-electron chi connectivity index (χ1n) is 17.7. The predicted octanol–water partition coefficient (Wildman–Crippen LogP) is 10.5. The first-order chi connectivity index (χ1) is 24.4. The number of unbranched alkanes of at least 4 members (excludes halogenated alkanes) is 2. The van der Waals surface area contributed by atoms with Crippen molar-refractivity contribution in [3.63, 3.8) is 0 Å². The van der Waals surface area contributed by atoms with Crippen LogP contribution in [0.25, 0.3) is 54.9 Å². The third kappa shape index (κ3) is 7.12. The molecule has 0 radical (unpaired) electrons. The van der Waals surface area contributed by atoms with Crippen LogP contribution < -0.4 is 17.0 Å². The van der Waals surface area contributed by atoms with Gasteiger partial charge >= 0.3 is 12.4 Å². The number of hydrogen-bond acceptors (Lipinski definition) is 0. The first kappa shape index (κ1) is 37.6. The standard InChI is InChI=1S/C44H40F6N.BrH/c1-3-5-21-51(22-6-4-2)27-39-37(29-15-11-17-33(23-29)43(45,46)47)25-31-13-7-9-19-35(31)41(39)42-36-20-10-8-14-32(36)26-38(40(42)28-51)30-16-12-18-34(24-30)44(48,49)50;/h7-20,23-26H,3-6,21-22,27-28H2,1-2H3;1H/q+1;/p-1. The lowest BCUT2D eigenvalue weighted by molar-refractivity contribution is -0.953. The van der Waals surface area contributed by atoms with Crippen LogP contribution in [0, 0.1) is 0 Å². The fraction of sp³-hybridized carbons (Fsp3) is 0.273. The van der Waals surface area contributed by atoms with Gasteiger partial charge in [0, 0.05) is 22.3 Å². The summed E-state index contributed by atoms with van der Waals surface area (Å²) in [5.41, 5.74) is 4.96. The molecule has 1 aliphatic rings. The van der Waals surface area contributed by atoms with Gasteiger partial charge in [0.05, 0.1) is 24.2 Å². The largest absolute Gasteiger partial charge is 1.00 e. The van der Waals surface area contributed by atoms with Gasteiger partial charge in [-0.15, -0.1) is 0 Å². The van der Waals surface area contributed by atoms with Crippen LogP contribution in [0.15, 0.2) is 109 Å². The van der Waals surface area contributed by atoms with E-state index >= 15 is 0 Å². The monoisotopic (exact) mass is 775 g/mol. The van der Waals surface area contributed by atoms with E-state index in [-0.39, 0.29) is 17.0 Å². The molecule has 0 amide bonds. The molecule has 0 aromatic heterocycles. The molecule has 6 aromatic carbocycles. The van der Waals surface area contributed by atoms with Crippen LogP contribution in [0.4, 0.5) is 26.3 Å². The van der Waals surface area contributed by atoms with Crippen molar-refractivity contribution < 1.29 is 47.8 Å². The van der Waals surface area contributed by atoms with Crippen LogP contribution in [-0.2, 0) is 25.4 Å². The molecular formula is C44H40BrF6N. The number of rotatable bonds is 8. The van der Waals surface area contributed by atoms with Crippen molar-refractivity contribution in [1.82, 2.24) is 0 Å². The third-order valence-electron chi connectivity index (χ3n) is 10.5. The van der Waals surface area contributed by atoms with Gasteiger partial charge in [-0.25, -0.2) is 0 Å². The van der Waals surface area contributed by atoms with Crippen molar-refractivity contribution in [1.29, 1.82) is 0 Å². The van der Waals surface area contributed by atoms with E-state index in [0.29, 0.717) is 28.7 Å². The van der Waals surface area contributed by atoms with Crippen molar-refractivity contribution in [2.24, 2.45) is 0 Å². The molecule has 0 spiro atoms. The molecule has 0 saturated carbocycles. The Balaban J connectivity index is 0.00000464. The Labute approximate surface area is 311 Å². The molecule has 0 N–H and O–H groups in total. The molecule has 0 saturated heterocycles. The molecule has 1 heterocycles. The summed E-state index contributed by atoms with van der Waals surface area (Å²) in [6.07, 6.45) is -5.21. The molecule has 1 aliphatic heterocycles. The number of benzene rings is 6. The topological polar surface area (TPSA) is 0 Å². The Bertz CT molecular complexity index is 2080. The van der Waals surface area contributed by atoms with Crippen LogP contribution in [0.5, 0.6) is 0 Å². The van der Waals surface area contributed by atoms with Gasteiger partial charge in [0.1, 0.15) is 13.1 Å². The van der Waals surface area contributed by atoms with Gasteiger partial charge in [0.15, 0.2) is 0 Å². The van der Waals surface area contributed by atoms with E-state index in [1.807, 2.05) is 48.5 Å². The molecule has 7 rings (SSSR count). The molecule has 1 nitrogen and oxygen atoms in total. The first-order valence-corrected chi connectivity index (χ1v) is 17.7. The summed E-state index contributed by atoms with van der Waals surface area (Å²) in [6, 6.07) is 31.2. The summed E-state index contributed by atoms with van der Waals surface area (Å²) in [5.74, 6) is 0. The van der Waals surface area contributed by atoms with E-state index in [9.17, 15) is 26.3 Å². The highest BCUT2D eigenvalue weighted by Crippen LogP contribution is 2.50. The van der Waals surface area contributed by atoms with E-state index in [0.717, 1.165) is 106 Å². The Morgan fingerprint density at radius 3 is 1.31 bits per heavy atom. The molecule has 52 heavy (non-hydrogen) atoms. The van der Waals surface area contributed by atoms with Crippen molar-refractivity contribution in [3.05, 3.63) is 131 Å². The summed E-state index contributed by atoms with van der Waals surface area (Å²) in [4.78, 5) is 0. The van der Waals surface area contributed by atoms with E-state index in [1.165, 1.54) is 24.3 Å². The number of halogens is 7. The van der Waals surface area contributed by atoms with Crippen LogP contribution in [0.3, 0.4) is 0 Å². The maximum absolute atomic E-state index is 14.1. The second kappa shape index (κ2) is 14.7. The number of quaternary nitrogens is 1. The molecule has 0 unspecified atom stereocenters. The summed E-state index contributed by atoms with van der Waals surface area (Å²) in [6.45, 7) is 7.13. The van der Waals surface area contributed by atoms with Gasteiger partial charge in [0.25, 0.3) is 0 Å². The Kier molecular flexibility index (Phi) is 10.6. The molecule has 8 heteroatoms. The number of fused-ring (bicyclic) bond motifs is 7. The fourth-order valence-electron chi connectivity index (χ4n) is 8.06. The number of hydrogen-bond donors (Lipinski definition) is 0. The highest BCUT2D eigenvalue weighted by Gasteiger charge is 2.38. The van der Waals surface area contributed by atoms with Crippen LogP contribution in [0.2, 0.25) is 0 Å². The van der Waals surface area contributed by atoms with Crippen molar-refractivity contribution in [2.75, 3.05) is 13.1 Å². The van der Waals surface area contributed by atoms with Crippen LogP contribution in [0.1, 0.15) is 61.8 Å². The Morgan fingerprint density at radius 1 is 0.519 bits per heavy atom. The summed E-state index contributed by atoms with van der Waals surface area (Å²) >= 11 is 0. The van der Waals surface area contributed by atoms with Gasteiger partial charge in [-0.2, -0.15) is 26.3 Å². The minimum atomic E-state index is -4.51. The van der Waals surface area contributed by atoms with Crippen molar-refractivity contribution in [2.45, 2.75) is 65.0 Å². The Hall–Kier alpha value is -4.14. The Morgan fingerprint density at radius 2 is 0.923 bits per heavy atom. The fourth-order valence-corrected chi connectivity index (χ4v) is 8.06. The second-order valence-corrected chi connectivity index (χ2v) is 14.0. The summed E-state index contributed by atoms with van der Waals surface area (Å²) < 4.78 is 85.5. The van der Waals surface area contributed by atoms with E-state index < -0.39 is 23.5 Å². The van der Waals surface area contributed by atoms with Gasteiger partial charge in [-0.05, 0) is 93.0 Å². The summed E-state index contributed by atoms with van der Waals surface area (Å²) in [7, 11) is 0. The molecule has 270 valence electrons. The van der Waals surface area contributed by atoms with Crippen LogP contribution in [-0.4, -0.2) is 17.6 Å². The van der Waals surface area contributed by atoms with Gasteiger partial charge in [0.2, 0.25) is 0 Å². The molecule has 0 atom stereocenters. The lowest BCUT2D eigenvalue weighted by atomic mass is 9.82. The van der Waals surface area contributed by atoms with Crippen molar-refractivity contribution in [3.8, 4) is 33.4 Å². The zero-order valence-electron chi connectivity index (χ0n) is 29.1. The van der Waals surface area contributed by atoms with E-state index in [2.05, 4.69) is 26.0 Å². The smallest absolute Gasteiger partial charge is 0.416 e. The zero-order valence-corrected chi connectivity index (χ0v) is 30.7.